The number of carbonyl (C=O) groups excluding carboxylic acids is 1. The minimum absolute atomic E-state index is 0.0236. The van der Waals surface area contributed by atoms with Gasteiger partial charge in [-0.25, -0.2) is 4.39 Å². The van der Waals surface area contributed by atoms with Crippen LogP contribution < -0.4 is 5.32 Å². The van der Waals surface area contributed by atoms with Crippen LogP contribution in [0.2, 0.25) is 5.02 Å². The van der Waals surface area contributed by atoms with Gasteiger partial charge in [0.15, 0.2) is 0 Å². The molecule has 0 heterocycles. The molecule has 0 aromatic heterocycles. The molecular weight excluding hydrogens is 252 g/mol. The van der Waals surface area contributed by atoms with Crippen molar-refractivity contribution in [1.82, 2.24) is 5.32 Å². The highest BCUT2D eigenvalue weighted by Gasteiger charge is 2.11. The Morgan fingerprint density at radius 3 is 2.88 bits per heavy atom. The van der Waals surface area contributed by atoms with Crippen LogP contribution in [0, 0.1) is 5.82 Å². The summed E-state index contributed by atoms with van der Waals surface area (Å²) in [4.78, 5) is 11.5. The van der Waals surface area contributed by atoms with Crippen molar-refractivity contribution in [3.63, 3.8) is 0 Å². The Morgan fingerprint density at radius 2 is 2.25 bits per heavy atom. The van der Waals surface area contributed by atoms with E-state index in [1.54, 1.807) is 0 Å². The van der Waals surface area contributed by atoms with E-state index in [1.807, 2.05) is 6.92 Å². The van der Waals surface area contributed by atoms with Gasteiger partial charge in [-0.1, -0.05) is 11.6 Å². The monoisotopic (exact) mass is 263 g/mol. The molecule has 0 aliphatic heterocycles. The van der Waals surface area contributed by atoms with E-state index < -0.39 is 11.7 Å². The number of hydrogen-bond donors (Lipinski definition) is 1. The Morgan fingerprint density at radius 1 is 1.56 bits per heavy atom. The molecule has 0 fully saturated rings. The minimum atomic E-state index is -0.583. The van der Waals surface area contributed by atoms with Crippen LogP contribution in [0.3, 0.4) is 0 Å². The van der Waals surface area contributed by atoms with E-state index in [0.29, 0.717) is 18.0 Å². The topological polar surface area (TPSA) is 29.1 Å². The highest BCUT2D eigenvalue weighted by Crippen LogP contribution is 2.14. The van der Waals surface area contributed by atoms with E-state index >= 15 is 0 Å². The van der Waals surface area contributed by atoms with Gasteiger partial charge in [0.1, 0.15) is 5.82 Å². The Kier molecular flexibility index (Phi) is 5.03. The zero-order valence-corrected chi connectivity index (χ0v) is 10.3. The van der Waals surface area contributed by atoms with Crippen LogP contribution in [0.1, 0.15) is 23.7 Å². The van der Waals surface area contributed by atoms with E-state index in [9.17, 15) is 9.18 Å². The number of amides is 1. The minimum Gasteiger partial charge on any atom is -0.352 e. The summed E-state index contributed by atoms with van der Waals surface area (Å²) < 4.78 is 13.3. The first-order chi connectivity index (χ1) is 7.50. The summed E-state index contributed by atoms with van der Waals surface area (Å²) in [6, 6.07) is 3.87. The van der Waals surface area contributed by atoms with Crippen LogP contribution in [0.4, 0.5) is 4.39 Å². The molecule has 0 spiro atoms. The van der Waals surface area contributed by atoms with Gasteiger partial charge in [-0.2, -0.15) is 0 Å². The summed E-state index contributed by atoms with van der Waals surface area (Å²) in [5.74, 6) is -1.06. The van der Waals surface area contributed by atoms with Gasteiger partial charge in [0.2, 0.25) is 0 Å². The number of alkyl halides is 1. The van der Waals surface area contributed by atoms with Crippen LogP contribution in [0.25, 0.3) is 0 Å². The van der Waals surface area contributed by atoms with Gasteiger partial charge < -0.3 is 5.32 Å². The molecule has 0 radical (unpaired) electrons. The molecule has 0 saturated heterocycles. The Labute approximate surface area is 104 Å². The molecule has 1 aromatic carbocycles. The smallest absolute Gasteiger partial charge is 0.254 e. The summed E-state index contributed by atoms with van der Waals surface area (Å²) in [6.07, 6.45) is 0.634. The van der Waals surface area contributed by atoms with Crippen molar-refractivity contribution >= 4 is 29.1 Å². The highest BCUT2D eigenvalue weighted by molar-refractivity contribution is 6.31. The van der Waals surface area contributed by atoms with Crippen molar-refractivity contribution in [2.45, 2.75) is 18.7 Å². The standard InChI is InChI=1S/C11H12Cl2FNO/c1-7(12)4-5-15-11(16)9-6-8(13)2-3-10(9)14/h2-3,6-7H,4-5H2,1H3,(H,15,16). The van der Waals surface area contributed by atoms with Gasteiger partial charge in [0.25, 0.3) is 5.91 Å². The summed E-state index contributed by atoms with van der Waals surface area (Å²) in [6.45, 7) is 2.24. The van der Waals surface area contributed by atoms with Crippen LogP contribution in [0.5, 0.6) is 0 Å². The molecule has 2 nitrogen and oxygen atoms in total. The second-order valence-corrected chi connectivity index (χ2v) is 4.63. The number of halogens is 3. The number of carbonyl (C=O) groups is 1. The average molecular weight is 264 g/mol. The predicted molar refractivity (Wildman–Crippen MR) is 63.7 cm³/mol. The lowest BCUT2D eigenvalue weighted by Crippen LogP contribution is -2.26. The fraction of sp³-hybridized carbons (Fsp3) is 0.364. The molecule has 88 valence electrons. The molecule has 0 bridgehead atoms. The summed E-state index contributed by atoms with van der Waals surface area (Å²) in [5.41, 5.74) is -0.0466. The second-order valence-electron chi connectivity index (χ2n) is 3.45. The summed E-state index contributed by atoms with van der Waals surface area (Å²) >= 11 is 11.4. The van der Waals surface area contributed by atoms with Crippen molar-refractivity contribution in [2.24, 2.45) is 0 Å². The third kappa shape index (κ3) is 3.99. The molecule has 0 saturated carbocycles. The Hall–Kier alpha value is -0.800. The predicted octanol–water partition coefficient (Wildman–Crippen LogP) is 3.23. The van der Waals surface area contributed by atoms with Crippen molar-refractivity contribution in [3.8, 4) is 0 Å². The molecule has 1 unspecified atom stereocenters. The number of benzene rings is 1. The second kappa shape index (κ2) is 6.06. The van der Waals surface area contributed by atoms with Gasteiger partial charge >= 0.3 is 0 Å². The van der Waals surface area contributed by atoms with E-state index in [4.69, 9.17) is 23.2 Å². The van der Waals surface area contributed by atoms with Gasteiger partial charge in [-0.3, -0.25) is 4.79 Å². The Bertz CT molecular complexity index is 382. The van der Waals surface area contributed by atoms with E-state index in [-0.39, 0.29) is 10.9 Å². The zero-order valence-electron chi connectivity index (χ0n) is 8.77. The average Bonchev–Trinajstić information content (AvgIpc) is 2.21. The quantitative estimate of drug-likeness (QED) is 0.831. The van der Waals surface area contributed by atoms with E-state index in [0.717, 1.165) is 0 Å². The normalized spacial score (nSPS) is 12.2. The van der Waals surface area contributed by atoms with Crippen molar-refractivity contribution in [3.05, 3.63) is 34.6 Å². The van der Waals surface area contributed by atoms with Crippen LogP contribution in [-0.2, 0) is 0 Å². The third-order valence-electron chi connectivity index (χ3n) is 2.00. The molecule has 0 aliphatic rings. The lowest BCUT2D eigenvalue weighted by atomic mass is 10.2. The zero-order chi connectivity index (χ0) is 12.1. The van der Waals surface area contributed by atoms with Gasteiger partial charge in [0, 0.05) is 16.9 Å². The maximum atomic E-state index is 13.3. The number of nitrogens with one attached hydrogen (secondary N) is 1. The van der Waals surface area contributed by atoms with Crippen LogP contribution in [0.15, 0.2) is 18.2 Å². The van der Waals surface area contributed by atoms with E-state index in [2.05, 4.69) is 5.32 Å². The fourth-order valence-corrected chi connectivity index (χ4v) is 1.43. The first kappa shape index (κ1) is 13.3. The summed E-state index contributed by atoms with van der Waals surface area (Å²) in [7, 11) is 0. The molecule has 1 aromatic rings. The molecule has 16 heavy (non-hydrogen) atoms. The van der Waals surface area contributed by atoms with Gasteiger partial charge in [-0.15, -0.1) is 11.6 Å². The van der Waals surface area contributed by atoms with Gasteiger partial charge in [-0.05, 0) is 31.5 Å². The van der Waals surface area contributed by atoms with Crippen molar-refractivity contribution < 1.29 is 9.18 Å². The lowest BCUT2D eigenvalue weighted by Gasteiger charge is -2.07. The van der Waals surface area contributed by atoms with Gasteiger partial charge in [0.05, 0.1) is 5.56 Å². The largest absolute Gasteiger partial charge is 0.352 e. The van der Waals surface area contributed by atoms with Crippen molar-refractivity contribution in [1.29, 1.82) is 0 Å². The number of hydrogen-bond acceptors (Lipinski definition) is 1. The van der Waals surface area contributed by atoms with Crippen LogP contribution >= 0.6 is 23.2 Å². The molecular formula is C11H12Cl2FNO. The van der Waals surface area contributed by atoms with Crippen LogP contribution in [-0.4, -0.2) is 17.8 Å². The molecule has 1 amide bonds. The SMILES string of the molecule is CC(Cl)CCNC(=O)c1cc(Cl)ccc1F. The first-order valence-corrected chi connectivity index (χ1v) is 5.69. The fourth-order valence-electron chi connectivity index (χ4n) is 1.15. The Balaban J connectivity index is 2.62. The molecule has 5 heteroatoms. The first-order valence-electron chi connectivity index (χ1n) is 4.88. The lowest BCUT2D eigenvalue weighted by molar-refractivity contribution is 0.0949. The molecule has 1 rings (SSSR count). The molecule has 0 aliphatic carbocycles. The molecule has 1 N–H and O–H groups in total. The highest BCUT2D eigenvalue weighted by atomic mass is 35.5. The number of rotatable bonds is 4. The maximum absolute atomic E-state index is 13.3. The molecule has 1 atom stereocenters. The van der Waals surface area contributed by atoms with E-state index in [1.165, 1.54) is 18.2 Å². The van der Waals surface area contributed by atoms with Crippen molar-refractivity contribution in [2.75, 3.05) is 6.54 Å². The summed E-state index contributed by atoms with van der Waals surface area (Å²) in [5, 5.41) is 2.88. The maximum Gasteiger partial charge on any atom is 0.254 e. The third-order valence-corrected chi connectivity index (χ3v) is 2.45.